The van der Waals surface area contributed by atoms with Crippen molar-refractivity contribution in [1.82, 2.24) is 19.8 Å². The third kappa shape index (κ3) is 4.02. The number of hydrogen-bond donors (Lipinski definition) is 2. The van der Waals surface area contributed by atoms with Gasteiger partial charge in [-0.2, -0.15) is 5.10 Å². The Morgan fingerprint density at radius 1 is 1.32 bits per heavy atom. The summed E-state index contributed by atoms with van der Waals surface area (Å²) < 4.78 is 28.8. The van der Waals surface area contributed by atoms with Crippen LogP contribution in [0, 0.1) is 13.8 Å². The average molecular weight is 288 g/mol. The number of nitrogens with zero attached hydrogens (tertiary/aromatic N) is 2. The van der Waals surface area contributed by atoms with Gasteiger partial charge in [-0.15, -0.1) is 0 Å². The molecule has 0 fully saturated rings. The molecule has 0 atom stereocenters. The Hall–Kier alpha value is -0.920. The number of likely N-dealkylation sites (N-methyl/N-ethyl adjacent to an activating group) is 1. The third-order valence-electron chi connectivity index (χ3n) is 2.73. The van der Waals surface area contributed by atoms with Gasteiger partial charge in [-0.3, -0.25) is 4.68 Å². The lowest BCUT2D eigenvalue weighted by atomic mass is 10.4. The highest BCUT2D eigenvalue weighted by Gasteiger charge is 2.24. The van der Waals surface area contributed by atoms with E-state index in [0.29, 0.717) is 22.8 Å². The van der Waals surface area contributed by atoms with Crippen LogP contribution in [-0.2, 0) is 16.6 Å². The molecule has 0 radical (unpaired) electrons. The Morgan fingerprint density at radius 2 is 1.95 bits per heavy atom. The van der Waals surface area contributed by atoms with Crippen LogP contribution in [0.2, 0.25) is 0 Å². The number of rotatable bonds is 7. The monoisotopic (exact) mass is 288 g/mol. The maximum absolute atomic E-state index is 12.2. The summed E-state index contributed by atoms with van der Waals surface area (Å²) in [5.41, 5.74) is 1.23. The maximum Gasteiger partial charge on any atom is 0.244 e. The van der Waals surface area contributed by atoms with Gasteiger partial charge in [0.1, 0.15) is 4.90 Å². The number of aromatic nitrogens is 2. The molecule has 2 N–H and O–H groups in total. The van der Waals surface area contributed by atoms with Crippen LogP contribution in [-0.4, -0.2) is 37.3 Å². The van der Waals surface area contributed by atoms with Crippen LogP contribution < -0.4 is 10.0 Å². The zero-order valence-corrected chi connectivity index (χ0v) is 13.1. The van der Waals surface area contributed by atoms with Crippen molar-refractivity contribution in [2.75, 3.05) is 13.1 Å². The molecule has 0 unspecified atom stereocenters. The van der Waals surface area contributed by atoms with Gasteiger partial charge in [0.2, 0.25) is 10.0 Å². The zero-order valence-electron chi connectivity index (χ0n) is 12.3. The van der Waals surface area contributed by atoms with Crippen LogP contribution >= 0.6 is 0 Å². The van der Waals surface area contributed by atoms with Crippen LogP contribution in [0.25, 0.3) is 0 Å². The predicted octanol–water partition coefficient (Wildman–Crippen LogP) is 0.796. The molecular formula is C12H24N4O2S. The average Bonchev–Trinajstić information content (AvgIpc) is 2.53. The van der Waals surface area contributed by atoms with E-state index in [1.165, 1.54) is 0 Å². The Balaban J connectivity index is 3.03. The molecule has 1 rings (SSSR count). The molecule has 1 heterocycles. The highest BCUT2D eigenvalue weighted by atomic mass is 32.2. The van der Waals surface area contributed by atoms with Crippen molar-refractivity contribution in [3.05, 3.63) is 11.4 Å². The first-order valence-electron chi connectivity index (χ1n) is 6.56. The lowest BCUT2D eigenvalue weighted by Gasteiger charge is -2.10. The Morgan fingerprint density at radius 3 is 2.47 bits per heavy atom. The summed E-state index contributed by atoms with van der Waals surface area (Å²) in [4.78, 5) is 0.303. The lowest BCUT2D eigenvalue weighted by Crippen LogP contribution is -2.31. The van der Waals surface area contributed by atoms with Crippen LogP contribution in [0.4, 0.5) is 0 Å². The summed E-state index contributed by atoms with van der Waals surface area (Å²) in [5.74, 6) is 0. The van der Waals surface area contributed by atoms with E-state index >= 15 is 0 Å². The Labute approximate surface area is 115 Å². The van der Waals surface area contributed by atoms with Gasteiger partial charge >= 0.3 is 0 Å². The molecule has 0 amide bonds. The second-order valence-corrected chi connectivity index (χ2v) is 6.50. The Bertz CT molecular complexity index is 520. The Kier molecular flexibility index (Phi) is 5.51. The zero-order chi connectivity index (χ0) is 14.6. The minimum Gasteiger partial charge on any atom is -0.315 e. The van der Waals surface area contributed by atoms with Crippen molar-refractivity contribution in [2.24, 2.45) is 0 Å². The number of nitrogens with one attached hydrogen (secondary N) is 2. The van der Waals surface area contributed by atoms with Gasteiger partial charge in [-0.1, -0.05) is 6.92 Å². The topological polar surface area (TPSA) is 76.0 Å². The standard InChI is InChI=1S/C12H24N4O2S/c1-6-13-7-8-16-11(5)12(10(4)14-16)19(17,18)15-9(2)3/h9,13,15H,6-8H2,1-5H3. The molecule has 6 nitrogen and oxygen atoms in total. The molecule has 7 heteroatoms. The van der Waals surface area contributed by atoms with Crippen molar-refractivity contribution < 1.29 is 8.42 Å². The van der Waals surface area contributed by atoms with Crippen LogP contribution in [0.5, 0.6) is 0 Å². The molecule has 0 aliphatic heterocycles. The summed E-state index contributed by atoms with van der Waals surface area (Å²) in [6.45, 7) is 11.5. The normalized spacial score (nSPS) is 12.3. The fraction of sp³-hybridized carbons (Fsp3) is 0.750. The number of hydrogen-bond acceptors (Lipinski definition) is 4. The van der Waals surface area contributed by atoms with Gasteiger partial charge in [-0.25, -0.2) is 13.1 Å². The molecule has 1 aromatic rings. The molecule has 0 bridgehead atoms. The fourth-order valence-corrected chi connectivity index (χ4v) is 3.68. The van der Waals surface area contributed by atoms with E-state index < -0.39 is 10.0 Å². The van der Waals surface area contributed by atoms with E-state index in [-0.39, 0.29) is 6.04 Å². The first-order valence-corrected chi connectivity index (χ1v) is 8.05. The van der Waals surface area contributed by atoms with E-state index in [1.54, 1.807) is 32.4 Å². The van der Waals surface area contributed by atoms with E-state index in [4.69, 9.17) is 0 Å². The van der Waals surface area contributed by atoms with Crippen molar-refractivity contribution in [3.63, 3.8) is 0 Å². The maximum atomic E-state index is 12.2. The summed E-state index contributed by atoms with van der Waals surface area (Å²) in [6.07, 6.45) is 0. The summed E-state index contributed by atoms with van der Waals surface area (Å²) in [6, 6.07) is -0.131. The largest absolute Gasteiger partial charge is 0.315 e. The highest BCUT2D eigenvalue weighted by molar-refractivity contribution is 7.89. The first-order chi connectivity index (χ1) is 8.79. The second-order valence-electron chi connectivity index (χ2n) is 4.85. The van der Waals surface area contributed by atoms with Gasteiger partial charge < -0.3 is 5.32 Å². The molecule has 0 aromatic carbocycles. The number of aryl methyl sites for hydroxylation is 1. The van der Waals surface area contributed by atoms with Crippen LogP contribution in [0.15, 0.2) is 4.90 Å². The van der Waals surface area contributed by atoms with Crippen LogP contribution in [0.3, 0.4) is 0 Å². The minimum absolute atomic E-state index is 0.131. The molecule has 1 aromatic heterocycles. The van der Waals surface area contributed by atoms with E-state index in [0.717, 1.165) is 13.1 Å². The summed E-state index contributed by atoms with van der Waals surface area (Å²) in [7, 11) is -3.48. The third-order valence-corrected chi connectivity index (χ3v) is 4.64. The smallest absolute Gasteiger partial charge is 0.244 e. The molecule has 0 saturated carbocycles. The fourth-order valence-electron chi connectivity index (χ4n) is 2.02. The quantitative estimate of drug-likeness (QED) is 0.728. The second kappa shape index (κ2) is 6.49. The van der Waals surface area contributed by atoms with Crippen molar-refractivity contribution in [2.45, 2.75) is 52.1 Å². The van der Waals surface area contributed by atoms with Gasteiger partial charge in [0.05, 0.1) is 17.9 Å². The first kappa shape index (κ1) is 16.1. The molecule has 0 aliphatic carbocycles. The molecule has 0 saturated heterocycles. The lowest BCUT2D eigenvalue weighted by molar-refractivity contribution is 0.548. The summed E-state index contributed by atoms with van der Waals surface area (Å²) >= 11 is 0. The number of sulfonamides is 1. The van der Waals surface area contributed by atoms with Crippen molar-refractivity contribution in [3.8, 4) is 0 Å². The summed E-state index contributed by atoms with van der Waals surface area (Å²) in [5, 5.41) is 7.51. The molecule has 19 heavy (non-hydrogen) atoms. The van der Waals surface area contributed by atoms with E-state index in [9.17, 15) is 8.42 Å². The van der Waals surface area contributed by atoms with Crippen LogP contribution in [0.1, 0.15) is 32.2 Å². The highest BCUT2D eigenvalue weighted by Crippen LogP contribution is 2.19. The van der Waals surface area contributed by atoms with Gasteiger partial charge in [0.15, 0.2) is 0 Å². The molecular weight excluding hydrogens is 264 g/mol. The predicted molar refractivity (Wildman–Crippen MR) is 75.7 cm³/mol. The molecule has 110 valence electrons. The van der Waals surface area contributed by atoms with Gasteiger partial charge in [0, 0.05) is 12.6 Å². The van der Waals surface area contributed by atoms with E-state index in [2.05, 4.69) is 15.1 Å². The molecule has 0 spiro atoms. The van der Waals surface area contributed by atoms with Gasteiger partial charge in [-0.05, 0) is 34.2 Å². The minimum atomic E-state index is -3.48. The van der Waals surface area contributed by atoms with E-state index in [1.807, 2.05) is 6.92 Å². The van der Waals surface area contributed by atoms with Crippen molar-refractivity contribution in [1.29, 1.82) is 0 Å². The van der Waals surface area contributed by atoms with Gasteiger partial charge in [0.25, 0.3) is 0 Å². The molecule has 0 aliphatic rings. The SMILES string of the molecule is CCNCCn1nc(C)c(S(=O)(=O)NC(C)C)c1C. The van der Waals surface area contributed by atoms with Crippen molar-refractivity contribution >= 4 is 10.0 Å².